The first kappa shape index (κ1) is 15.1. The Morgan fingerprint density at radius 2 is 1.80 bits per heavy atom. The Balaban J connectivity index is 1.55. The third-order valence-corrected chi connectivity index (χ3v) is 4.16. The second-order valence-electron chi connectivity index (χ2n) is 5.27. The maximum Gasteiger partial charge on any atom is 0.368 e. The quantitative estimate of drug-likeness (QED) is 0.593. The van der Waals surface area contributed by atoms with E-state index in [0.29, 0.717) is 22.5 Å². The van der Waals surface area contributed by atoms with Crippen LogP contribution in [0.3, 0.4) is 0 Å². The fourth-order valence-electron chi connectivity index (χ4n) is 2.29. The van der Waals surface area contributed by atoms with E-state index in [0.717, 1.165) is 21.9 Å². The number of amides is 1. The van der Waals surface area contributed by atoms with E-state index in [-0.39, 0.29) is 11.6 Å². The molecular formula is C15H11N7O2S. The van der Waals surface area contributed by atoms with Crippen LogP contribution >= 0.6 is 11.7 Å². The van der Waals surface area contributed by atoms with Gasteiger partial charge in [-0.05, 0) is 52.9 Å². The molecule has 2 aromatic heterocycles. The molecule has 25 heavy (non-hydrogen) atoms. The van der Waals surface area contributed by atoms with Crippen LogP contribution in [-0.2, 0) is 7.05 Å². The van der Waals surface area contributed by atoms with E-state index in [4.69, 9.17) is 0 Å². The SMILES string of the molecule is Cn1nnn(-c2ccc(NC(=O)c3ccc4nsnc4c3)cc2)c1=O. The monoisotopic (exact) mass is 353 g/mol. The lowest BCUT2D eigenvalue weighted by Gasteiger charge is -2.06. The topological polar surface area (TPSA) is 108 Å². The summed E-state index contributed by atoms with van der Waals surface area (Å²) in [6, 6.07) is 11.9. The van der Waals surface area contributed by atoms with Gasteiger partial charge in [0.15, 0.2) is 0 Å². The van der Waals surface area contributed by atoms with Crippen molar-refractivity contribution in [1.82, 2.24) is 28.5 Å². The van der Waals surface area contributed by atoms with Crippen LogP contribution in [0.2, 0.25) is 0 Å². The van der Waals surface area contributed by atoms with Gasteiger partial charge in [-0.3, -0.25) is 4.79 Å². The number of hydrogen-bond acceptors (Lipinski definition) is 7. The zero-order valence-electron chi connectivity index (χ0n) is 12.9. The van der Waals surface area contributed by atoms with E-state index in [1.54, 1.807) is 42.5 Å². The Labute approximate surface area is 144 Å². The highest BCUT2D eigenvalue weighted by Gasteiger charge is 2.10. The molecule has 0 unspecified atom stereocenters. The molecule has 0 saturated heterocycles. The molecule has 4 aromatic rings. The summed E-state index contributed by atoms with van der Waals surface area (Å²) < 4.78 is 10.5. The minimum absolute atomic E-state index is 0.251. The number of carbonyl (C=O) groups is 1. The van der Waals surface area contributed by atoms with E-state index in [9.17, 15) is 9.59 Å². The number of nitrogens with one attached hydrogen (secondary N) is 1. The molecule has 2 aromatic carbocycles. The third kappa shape index (κ3) is 2.78. The molecule has 1 amide bonds. The summed E-state index contributed by atoms with van der Waals surface area (Å²) in [4.78, 5) is 24.2. The fourth-order valence-corrected chi connectivity index (χ4v) is 2.81. The zero-order valence-corrected chi connectivity index (χ0v) is 13.8. The normalized spacial score (nSPS) is 10.9. The predicted octanol–water partition coefficient (Wildman–Crippen LogP) is 1.22. The molecule has 2 heterocycles. The van der Waals surface area contributed by atoms with Crippen molar-refractivity contribution in [2.24, 2.45) is 7.05 Å². The van der Waals surface area contributed by atoms with Crippen molar-refractivity contribution in [3.05, 3.63) is 58.5 Å². The molecule has 0 bridgehead atoms. The van der Waals surface area contributed by atoms with Crippen LogP contribution in [0.1, 0.15) is 10.4 Å². The van der Waals surface area contributed by atoms with Crippen LogP contribution in [0, 0.1) is 0 Å². The minimum atomic E-state index is -0.345. The average molecular weight is 353 g/mol. The van der Waals surface area contributed by atoms with E-state index < -0.39 is 0 Å². The molecule has 0 saturated carbocycles. The van der Waals surface area contributed by atoms with Crippen molar-refractivity contribution in [3.8, 4) is 5.69 Å². The summed E-state index contributed by atoms with van der Waals surface area (Å²) in [5.74, 6) is -0.251. The molecule has 0 fully saturated rings. The number of aryl methyl sites for hydroxylation is 1. The van der Waals surface area contributed by atoms with Crippen molar-refractivity contribution in [2.45, 2.75) is 0 Å². The van der Waals surface area contributed by atoms with Crippen molar-refractivity contribution in [1.29, 1.82) is 0 Å². The van der Waals surface area contributed by atoms with Gasteiger partial charge in [0.2, 0.25) is 0 Å². The van der Waals surface area contributed by atoms with Crippen LogP contribution in [-0.4, -0.2) is 34.4 Å². The molecule has 0 aliphatic carbocycles. The van der Waals surface area contributed by atoms with Gasteiger partial charge in [0, 0.05) is 18.3 Å². The van der Waals surface area contributed by atoms with Gasteiger partial charge < -0.3 is 5.32 Å². The molecule has 0 aliphatic heterocycles. The molecule has 0 radical (unpaired) electrons. The molecule has 0 aliphatic rings. The van der Waals surface area contributed by atoms with Crippen LogP contribution < -0.4 is 11.0 Å². The number of fused-ring (bicyclic) bond motifs is 1. The first-order valence-corrected chi connectivity index (χ1v) is 7.98. The Bertz CT molecular complexity index is 1130. The number of carbonyl (C=O) groups excluding carboxylic acids is 1. The van der Waals surface area contributed by atoms with Gasteiger partial charge in [-0.2, -0.15) is 18.1 Å². The van der Waals surface area contributed by atoms with Gasteiger partial charge in [-0.1, -0.05) is 0 Å². The molecule has 0 spiro atoms. The number of nitrogens with zero attached hydrogens (tertiary/aromatic N) is 6. The van der Waals surface area contributed by atoms with Gasteiger partial charge >= 0.3 is 5.69 Å². The predicted molar refractivity (Wildman–Crippen MR) is 92.0 cm³/mol. The first-order valence-electron chi connectivity index (χ1n) is 7.25. The summed E-state index contributed by atoms with van der Waals surface area (Å²) in [5, 5.41) is 10.2. The minimum Gasteiger partial charge on any atom is -0.322 e. The summed E-state index contributed by atoms with van der Waals surface area (Å²) in [7, 11) is 1.52. The van der Waals surface area contributed by atoms with Gasteiger partial charge in [0.1, 0.15) is 11.0 Å². The van der Waals surface area contributed by atoms with Crippen LogP contribution in [0.25, 0.3) is 16.7 Å². The number of rotatable bonds is 3. The number of anilines is 1. The van der Waals surface area contributed by atoms with Crippen molar-refractivity contribution < 1.29 is 4.79 Å². The van der Waals surface area contributed by atoms with Gasteiger partial charge in [0.05, 0.1) is 17.4 Å². The zero-order chi connectivity index (χ0) is 17.4. The number of aromatic nitrogens is 6. The fraction of sp³-hybridized carbons (Fsp3) is 0.0667. The molecular weight excluding hydrogens is 342 g/mol. The number of hydrogen-bond donors (Lipinski definition) is 1. The third-order valence-electron chi connectivity index (χ3n) is 3.61. The van der Waals surface area contributed by atoms with Crippen LogP contribution in [0.5, 0.6) is 0 Å². The van der Waals surface area contributed by atoms with Crippen molar-refractivity contribution in [2.75, 3.05) is 5.32 Å². The van der Waals surface area contributed by atoms with E-state index in [1.807, 2.05) is 0 Å². The second kappa shape index (κ2) is 5.91. The first-order chi connectivity index (χ1) is 12.1. The smallest absolute Gasteiger partial charge is 0.322 e. The maximum atomic E-state index is 12.4. The molecule has 124 valence electrons. The summed E-state index contributed by atoms with van der Waals surface area (Å²) in [6.45, 7) is 0. The lowest BCUT2D eigenvalue weighted by molar-refractivity contribution is 0.102. The van der Waals surface area contributed by atoms with Crippen LogP contribution in [0.15, 0.2) is 47.3 Å². The van der Waals surface area contributed by atoms with Crippen LogP contribution in [0.4, 0.5) is 5.69 Å². The summed E-state index contributed by atoms with van der Waals surface area (Å²) in [5.41, 5.74) is 2.76. The lowest BCUT2D eigenvalue weighted by atomic mass is 10.2. The maximum absolute atomic E-state index is 12.4. The van der Waals surface area contributed by atoms with Gasteiger partial charge in [0.25, 0.3) is 5.91 Å². The van der Waals surface area contributed by atoms with Crippen molar-refractivity contribution in [3.63, 3.8) is 0 Å². The van der Waals surface area contributed by atoms with Crippen molar-refractivity contribution >= 4 is 34.4 Å². The average Bonchev–Trinajstić information content (AvgIpc) is 3.22. The largest absolute Gasteiger partial charge is 0.368 e. The van der Waals surface area contributed by atoms with Gasteiger partial charge in [-0.25, -0.2) is 4.79 Å². The Kier molecular flexibility index (Phi) is 3.58. The Morgan fingerprint density at radius 3 is 2.52 bits per heavy atom. The van der Waals surface area contributed by atoms with E-state index in [1.165, 1.54) is 11.7 Å². The molecule has 10 heteroatoms. The highest BCUT2D eigenvalue weighted by Crippen LogP contribution is 2.16. The lowest BCUT2D eigenvalue weighted by Crippen LogP contribution is -2.21. The summed E-state index contributed by atoms with van der Waals surface area (Å²) >= 11 is 1.11. The van der Waals surface area contributed by atoms with E-state index >= 15 is 0 Å². The van der Waals surface area contributed by atoms with E-state index in [2.05, 4.69) is 24.5 Å². The number of tetrazole rings is 1. The van der Waals surface area contributed by atoms with Gasteiger partial charge in [-0.15, -0.1) is 0 Å². The molecule has 9 nitrogen and oxygen atoms in total. The summed E-state index contributed by atoms with van der Waals surface area (Å²) in [6.07, 6.45) is 0. The highest BCUT2D eigenvalue weighted by atomic mass is 32.1. The molecule has 0 atom stereocenters. The Morgan fingerprint density at radius 1 is 1.04 bits per heavy atom. The molecule has 1 N–H and O–H groups in total. The standard InChI is InChI=1S/C15H11N7O2S/c1-21-15(24)22(20-19-21)11-5-3-10(4-6-11)16-14(23)9-2-7-12-13(8-9)18-25-17-12/h2-8H,1H3,(H,16,23). The Hall–Kier alpha value is -3.40. The number of benzene rings is 2. The highest BCUT2D eigenvalue weighted by molar-refractivity contribution is 7.00. The molecule has 4 rings (SSSR count). The second-order valence-corrected chi connectivity index (χ2v) is 5.79.